The Morgan fingerprint density at radius 2 is 1.70 bits per heavy atom. The quantitative estimate of drug-likeness (QED) is 0.880. The fourth-order valence-corrected chi connectivity index (χ4v) is 3.82. The average molecular weight is 272 g/mol. The van der Waals surface area contributed by atoms with Crippen LogP contribution in [0.15, 0.2) is 24.3 Å². The van der Waals surface area contributed by atoms with E-state index in [1.807, 2.05) is 0 Å². The highest BCUT2D eigenvalue weighted by molar-refractivity contribution is 5.82. The number of rotatable bonds is 3. The molecule has 2 nitrogen and oxygen atoms in total. The summed E-state index contributed by atoms with van der Waals surface area (Å²) in [6, 6.07) is 8.50. The molecule has 0 bridgehead atoms. The van der Waals surface area contributed by atoms with Gasteiger partial charge in [-0.3, -0.25) is 4.79 Å². The molecule has 3 rings (SSSR count). The summed E-state index contributed by atoms with van der Waals surface area (Å²) >= 11 is 0. The van der Waals surface area contributed by atoms with Crippen LogP contribution in [-0.2, 0) is 10.2 Å². The van der Waals surface area contributed by atoms with Crippen molar-refractivity contribution in [2.24, 2.45) is 5.92 Å². The van der Waals surface area contributed by atoms with Crippen LogP contribution in [0.4, 0.5) is 0 Å². The topological polar surface area (TPSA) is 37.3 Å². The Balaban J connectivity index is 1.76. The molecule has 2 fully saturated rings. The Hall–Kier alpha value is -1.31. The van der Waals surface area contributed by atoms with E-state index < -0.39 is 11.4 Å². The maximum atomic E-state index is 11.5. The molecule has 20 heavy (non-hydrogen) atoms. The second-order valence-electron chi connectivity index (χ2n) is 6.82. The van der Waals surface area contributed by atoms with Gasteiger partial charge in [0.15, 0.2) is 0 Å². The first kappa shape index (κ1) is 13.7. The average Bonchev–Trinajstić information content (AvgIpc) is 2.39. The molecule has 2 saturated carbocycles. The van der Waals surface area contributed by atoms with Gasteiger partial charge >= 0.3 is 5.97 Å². The van der Waals surface area contributed by atoms with E-state index in [-0.39, 0.29) is 0 Å². The molecule has 0 aliphatic heterocycles. The first-order chi connectivity index (χ1) is 9.62. The summed E-state index contributed by atoms with van der Waals surface area (Å²) in [7, 11) is 0. The summed E-state index contributed by atoms with van der Waals surface area (Å²) in [6.45, 7) is 2.34. The number of carboxylic acid groups (broad SMARTS) is 1. The third-order valence-corrected chi connectivity index (χ3v) is 5.57. The van der Waals surface area contributed by atoms with Gasteiger partial charge < -0.3 is 5.11 Å². The van der Waals surface area contributed by atoms with Gasteiger partial charge in [-0.25, -0.2) is 0 Å². The Morgan fingerprint density at radius 1 is 1.10 bits per heavy atom. The van der Waals surface area contributed by atoms with Crippen molar-refractivity contribution in [1.29, 1.82) is 0 Å². The first-order valence-corrected chi connectivity index (χ1v) is 7.96. The molecule has 1 aromatic rings. The summed E-state index contributed by atoms with van der Waals surface area (Å²) in [5.74, 6) is 0.904. The zero-order valence-corrected chi connectivity index (χ0v) is 12.3. The highest BCUT2D eigenvalue weighted by atomic mass is 16.4. The number of carboxylic acids is 1. The Labute approximate surface area is 121 Å². The van der Waals surface area contributed by atoms with Crippen molar-refractivity contribution in [3.05, 3.63) is 35.4 Å². The summed E-state index contributed by atoms with van der Waals surface area (Å²) in [4.78, 5) is 11.5. The van der Waals surface area contributed by atoms with Crippen LogP contribution in [0, 0.1) is 5.92 Å². The lowest BCUT2D eigenvalue weighted by Gasteiger charge is -2.38. The SMILES string of the molecule is CC1CCC(c2ccc(C3(C(=O)O)CCC3)cc2)CC1. The predicted molar refractivity (Wildman–Crippen MR) is 80.0 cm³/mol. The fraction of sp³-hybridized carbons (Fsp3) is 0.611. The minimum Gasteiger partial charge on any atom is -0.481 e. The van der Waals surface area contributed by atoms with Crippen molar-refractivity contribution < 1.29 is 9.90 Å². The summed E-state index contributed by atoms with van der Waals surface area (Å²) in [5, 5.41) is 9.48. The van der Waals surface area contributed by atoms with Crippen molar-refractivity contribution >= 4 is 5.97 Å². The van der Waals surface area contributed by atoms with Gasteiger partial charge in [0.25, 0.3) is 0 Å². The van der Waals surface area contributed by atoms with E-state index in [9.17, 15) is 9.90 Å². The van der Waals surface area contributed by atoms with Gasteiger partial charge in [0.05, 0.1) is 5.41 Å². The number of hydrogen-bond acceptors (Lipinski definition) is 1. The summed E-state index contributed by atoms with van der Waals surface area (Å²) in [6.07, 6.45) is 7.84. The monoisotopic (exact) mass is 272 g/mol. The second-order valence-corrected chi connectivity index (χ2v) is 6.82. The van der Waals surface area contributed by atoms with E-state index in [1.165, 1.54) is 31.2 Å². The lowest BCUT2D eigenvalue weighted by Crippen LogP contribution is -2.42. The molecule has 2 aliphatic rings. The largest absolute Gasteiger partial charge is 0.481 e. The van der Waals surface area contributed by atoms with E-state index in [4.69, 9.17) is 0 Å². The molecule has 2 aliphatic carbocycles. The lowest BCUT2D eigenvalue weighted by molar-refractivity contribution is -0.147. The molecule has 0 unspecified atom stereocenters. The van der Waals surface area contributed by atoms with Gasteiger partial charge in [-0.1, -0.05) is 50.5 Å². The van der Waals surface area contributed by atoms with Crippen molar-refractivity contribution in [3.63, 3.8) is 0 Å². The van der Waals surface area contributed by atoms with Crippen molar-refractivity contribution in [2.75, 3.05) is 0 Å². The van der Waals surface area contributed by atoms with Crippen LogP contribution < -0.4 is 0 Å². The highest BCUT2D eigenvalue weighted by Gasteiger charge is 2.45. The van der Waals surface area contributed by atoms with Crippen LogP contribution in [0.2, 0.25) is 0 Å². The van der Waals surface area contributed by atoms with Gasteiger partial charge in [0, 0.05) is 0 Å². The van der Waals surface area contributed by atoms with E-state index in [2.05, 4.69) is 31.2 Å². The van der Waals surface area contributed by atoms with E-state index in [1.54, 1.807) is 0 Å². The molecule has 0 atom stereocenters. The lowest BCUT2D eigenvalue weighted by atomic mass is 9.64. The van der Waals surface area contributed by atoms with Crippen LogP contribution in [0.1, 0.15) is 68.9 Å². The second kappa shape index (κ2) is 5.23. The molecule has 0 amide bonds. The van der Waals surface area contributed by atoms with Crippen LogP contribution in [0.3, 0.4) is 0 Å². The summed E-state index contributed by atoms with van der Waals surface area (Å²) < 4.78 is 0. The number of benzene rings is 1. The van der Waals surface area contributed by atoms with Gasteiger partial charge in [-0.15, -0.1) is 0 Å². The van der Waals surface area contributed by atoms with Crippen molar-refractivity contribution in [1.82, 2.24) is 0 Å². The van der Waals surface area contributed by atoms with E-state index >= 15 is 0 Å². The minimum atomic E-state index is -0.650. The van der Waals surface area contributed by atoms with Gasteiger partial charge in [0.1, 0.15) is 0 Å². The summed E-state index contributed by atoms with van der Waals surface area (Å²) in [5.41, 5.74) is 1.82. The van der Waals surface area contributed by atoms with Crippen LogP contribution >= 0.6 is 0 Å². The van der Waals surface area contributed by atoms with Crippen LogP contribution in [-0.4, -0.2) is 11.1 Å². The number of hydrogen-bond donors (Lipinski definition) is 1. The zero-order chi connectivity index (χ0) is 14.2. The fourth-order valence-electron chi connectivity index (χ4n) is 3.82. The molecule has 1 aromatic carbocycles. The third-order valence-electron chi connectivity index (χ3n) is 5.57. The van der Waals surface area contributed by atoms with Gasteiger partial charge in [0.2, 0.25) is 0 Å². The molecule has 0 heterocycles. The normalized spacial score (nSPS) is 28.6. The maximum absolute atomic E-state index is 11.5. The Kier molecular flexibility index (Phi) is 3.57. The van der Waals surface area contributed by atoms with E-state index in [0.717, 1.165) is 30.7 Å². The standard InChI is InChI=1S/C18H24O2/c1-13-3-5-14(6-4-13)15-7-9-16(10-8-15)18(17(19)20)11-2-12-18/h7-10,13-14H,2-6,11-12H2,1H3,(H,19,20). The van der Waals surface area contributed by atoms with Gasteiger partial charge in [-0.05, 0) is 48.6 Å². The third kappa shape index (κ3) is 2.25. The smallest absolute Gasteiger partial charge is 0.314 e. The molecular formula is C18H24O2. The molecule has 0 radical (unpaired) electrons. The number of aliphatic carboxylic acids is 1. The number of carbonyl (C=O) groups is 1. The molecule has 108 valence electrons. The maximum Gasteiger partial charge on any atom is 0.314 e. The predicted octanol–water partition coefficient (Wildman–Crippen LogP) is 4.49. The van der Waals surface area contributed by atoms with Crippen molar-refractivity contribution in [2.45, 2.75) is 63.2 Å². The van der Waals surface area contributed by atoms with Crippen LogP contribution in [0.5, 0.6) is 0 Å². The molecule has 0 saturated heterocycles. The molecule has 2 heteroatoms. The van der Waals surface area contributed by atoms with E-state index in [0.29, 0.717) is 5.92 Å². The van der Waals surface area contributed by atoms with Gasteiger partial charge in [-0.2, -0.15) is 0 Å². The minimum absolute atomic E-state index is 0.584. The molecule has 1 N–H and O–H groups in total. The molecular weight excluding hydrogens is 248 g/mol. The van der Waals surface area contributed by atoms with Crippen LogP contribution in [0.25, 0.3) is 0 Å². The first-order valence-electron chi connectivity index (χ1n) is 7.96. The molecule has 0 aromatic heterocycles. The Bertz CT molecular complexity index is 477. The highest BCUT2D eigenvalue weighted by Crippen LogP contribution is 2.44. The zero-order valence-electron chi connectivity index (χ0n) is 12.3. The van der Waals surface area contributed by atoms with Crippen molar-refractivity contribution in [3.8, 4) is 0 Å². The molecule has 0 spiro atoms. The Morgan fingerprint density at radius 3 is 2.15 bits per heavy atom.